The highest BCUT2D eigenvalue weighted by atomic mass is 79.9. The van der Waals surface area contributed by atoms with Crippen molar-refractivity contribution in [3.05, 3.63) is 94.2 Å². The first-order chi connectivity index (χ1) is 13.6. The molecule has 1 heterocycles. The molecule has 3 rings (SSSR count). The summed E-state index contributed by atoms with van der Waals surface area (Å²) in [5.41, 5.74) is 2.99. The predicted octanol–water partition coefficient (Wildman–Crippen LogP) is 5.03. The second-order valence-corrected chi connectivity index (χ2v) is 7.40. The molecular weight excluding hydrogens is 416 g/mol. The van der Waals surface area contributed by atoms with Gasteiger partial charge in [0.2, 0.25) is 5.91 Å². The zero-order chi connectivity index (χ0) is 19.9. The van der Waals surface area contributed by atoms with Crippen molar-refractivity contribution in [1.29, 1.82) is 0 Å². The molecule has 1 aromatic heterocycles. The molecule has 1 amide bonds. The molecule has 0 fully saturated rings. The molecule has 0 saturated heterocycles. The Bertz CT molecular complexity index is 877. The van der Waals surface area contributed by atoms with E-state index in [2.05, 4.69) is 20.9 Å². The number of methoxy groups -OCH3 is 1. The zero-order valence-electron chi connectivity index (χ0n) is 16.0. The summed E-state index contributed by atoms with van der Waals surface area (Å²) in [5.74, 6) is 0.859. The van der Waals surface area contributed by atoms with Crippen molar-refractivity contribution >= 4 is 21.8 Å². The number of halogens is 1. The number of hydrogen-bond donors (Lipinski definition) is 0. The molecule has 144 valence electrons. The van der Waals surface area contributed by atoms with Gasteiger partial charge in [0, 0.05) is 19.7 Å². The van der Waals surface area contributed by atoms with Crippen molar-refractivity contribution < 1.29 is 9.53 Å². The topological polar surface area (TPSA) is 42.4 Å². The van der Waals surface area contributed by atoms with Crippen LogP contribution in [0.1, 0.15) is 29.3 Å². The third-order valence-electron chi connectivity index (χ3n) is 4.71. The number of ether oxygens (including phenoxy) is 1. The van der Waals surface area contributed by atoms with Gasteiger partial charge in [-0.1, -0.05) is 42.5 Å². The van der Waals surface area contributed by atoms with Crippen LogP contribution in [0.25, 0.3) is 0 Å². The predicted molar refractivity (Wildman–Crippen MR) is 114 cm³/mol. The molecule has 1 unspecified atom stereocenters. The second kappa shape index (κ2) is 9.51. The fraction of sp³-hybridized carbons (Fsp3) is 0.217. The van der Waals surface area contributed by atoms with Crippen LogP contribution in [0.2, 0.25) is 0 Å². The van der Waals surface area contributed by atoms with Crippen LogP contribution in [0.5, 0.6) is 5.75 Å². The van der Waals surface area contributed by atoms with E-state index in [9.17, 15) is 4.79 Å². The smallest absolute Gasteiger partial charge is 0.223 e. The van der Waals surface area contributed by atoms with E-state index in [0.717, 1.165) is 27.0 Å². The van der Waals surface area contributed by atoms with Gasteiger partial charge in [-0.2, -0.15) is 0 Å². The summed E-state index contributed by atoms with van der Waals surface area (Å²) in [6.45, 7) is 0. The summed E-state index contributed by atoms with van der Waals surface area (Å²) >= 11 is 3.50. The number of pyridine rings is 1. The van der Waals surface area contributed by atoms with Gasteiger partial charge in [0.1, 0.15) is 5.75 Å². The van der Waals surface area contributed by atoms with Gasteiger partial charge in [0.25, 0.3) is 0 Å². The number of carbonyl (C=O) groups is 1. The molecule has 0 spiro atoms. The van der Waals surface area contributed by atoms with Gasteiger partial charge in [-0.25, -0.2) is 0 Å². The Kier molecular flexibility index (Phi) is 6.82. The molecule has 0 bridgehead atoms. The summed E-state index contributed by atoms with van der Waals surface area (Å²) < 4.78 is 6.16. The van der Waals surface area contributed by atoms with E-state index in [0.29, 0.717) is 12.8 Å². The molecule has 0 N–H and O–H groups in total. The first-order valence-electron chi connectivity index (χ1n) is 9.14. The summed E-state index contributed by atoms with van der Waals surface area (Å²) in [6.07, 6.45) is 2.85. The van der Waals surface area contributed by atoms with Crippen molar-refractivity contribution in [2.24, 2.45) is 0 Å². The molecule has 5 heteroatoms. The van der Waals surface area contributed by atoms with Crippen molar-refractivity contribution in [3.8, 4) is 5.75 Å². The van der Waals surface area contributed by atoms with E-state index in [-0.39, 0.29) is 11.9 Å². The lowest BCUT2D eigenvalue weighted by Gasteiger charge is -2.28. The number of amides is 1. The molecule has 0 aliphatic rings. The van der Waals surface area contributed by atoms with Crippen LogP contribution in [-0.4, -0.2) is 29.9 Å². The van der Waals surface area contributed by atoms with Crippen molar-refractivity contribution in [3.63, 3.8) is 0 Å². The third-order valence-corrected chi connectivity index (χ3v) is 5.33. The van der Waals surface area contributed by atoms with E-state index < -0.39 is 0 Å². The van der Waals surface area contributed by atoms with Crippen LogP contribution in [0.15, 0.2) is 77.4 Å². The fourth-order valence-electron chi connectivity index (χ4n) is 3.20. The highest BCUT2D eigenvalue weighted by molar-refractivity contribution is 9.10. The van der Waals surface area contributed by atoms with Crippen LogP contribution in [-0.2, 0) is 11.2 Å². The largest absolute Gasteiger partial charge is 0.496 e. The van der Waals surface area contributed by atoms with E-state index in [4.69, 9.17) is 4.74 Å². The minimum absolute atomic E-state index is 0.0754. The first-order valence-corrected chi connectivity index (χ1v) is 9.93. The maximum atomic E-state index is 13.0. The number of carbonyl (C=O) groups excluding carboxylic acids is 1. The van der Waals surface area contributed by atoms with Gasteiger partial charge in [-0.05, 0) is 57.7 Å². The van der Waals surface area contributed by atoms with Gasteiger partial charge in [-0.3, -0.25) is 9.78 Å². The quantitative estimate of drug-likeness (QED) is 0.519. The Morgan fingerprint density at radius 2 is 1.86 bits per heavy atom. The van der Waals surface area contributed by atoms with Crippen LogP contribution in [0, 0.1) is 0 Å². The van der Waals surface area contributed by atoms with Gasteiger partial charge < -0.3 is 9.64 Å². The Balaban J connectivity index is 1.76. The van der Waals surface area contributed by atoms with E-state index in [1.165, 1.54) is 0 Å². The standard InChI is InChI=1S/C23H23BrN2O2/c1-26(22(27)14-12-17-11-13-21(28-2)19(24)16-17)23(18-8-4-3-5-9-18)20-10-6-7-15-25-20/h3-11,13,15-16,23H,12,14H2,1-2H3. The van der Waals surface area contributed by atoms with Crippen LogP contribution < -0.4 is 4.74 Å². The zero-order valence-corrected chi connectivity index (χ0v) is 17.6. The maximum Gasteiger partial charge on any atom is 0.223 e. The molecule has 4 nitrogen and oxygen atoms in total. The Morgan fingerprint density at radius 3 is 2.50 bits per heavy atom. The average molecular weight is 439 g/mol. The van der Waals surface area contributed by atoms with E-state index in [1.54, 1.807) is 18.2 Å². The summed E-state index contributed by atoms with van der Waals surface area (Å²) in [5, 5.41) is 0. The molecule has 3 aromatic rings. The first kappa shape index (κ1) is 20.1. The molecule has 2 aromatic carbocycles. The second-order valence-electron chi connectivity index (χ2n) is 6.54. The van der Waals surface area contributed by atoms with Crippen LogP contribution >= 0.6 is 15.9 Å². The minimum atomic E-state index is -0.211. The number of aryl methyl sites for hydroxylation is 1. The lowest BCUT2D eigenvalue weighted by atomic mass is 10.0. The van der Waals surface area contributed by atoms with Gasteiger partial charge in [-0.15, -0.1) is 0 Å². The molecule has 0 aliphatic carbocycles. The number of nitrogens with zero attached hydrogens (tertiary/aromatic N) is 2. The van der Waals surface area contributed by atoms with Gasteiger partial charge >= 0.3 is 0 Å². The summed E-state index contributed by atoms with van der Waals surface area (Å²) in [7, 11) is 3.48. The fourth-order valence-corrected chi connectivity index (χ4v) is 3.79. The van der Waals surface area contributed by atoms with Crippen LogP contribution in [0.4, 0.5) is 0 Å². The number of hydrogen-bond acceptors (Lipinski definition) is 3. The Morgan fingerprint density at radius 1 is 1.11 bits per heavy atom. The SMILES string of the molecule is COc1ccc(CCC(=O)N(C)C(c2ccccc2)c2ccccn2)cc1Br. The number of benzene rings is 2. The van der Waals surface area contributed by atoms with Crippen molar-refractivity contribution in [2.45, 2.75) is 18.9 Å². The maximum absolute atomic E-state index is 13.0. The molecule has 0 aliphatic heterocycles. The third kappa shape index (κ3) is 4.78. The minimum Gasteiger partial charge on any atom is -0.496 e. The monoisotopic (exact) mass is 438 g/mol. The number of aromatic nitrogens is 1. The Hall–Kier alpha value is -2.66. The van der Waals surface area contributed by atoms with Gasteiger partial charge in [0.15, 0.2) is 0 Å². The summed E-state index contributed by atoms with van der Waals surface area (Å²) in [6, 6.07) is 21.5. The van der Waals surface area contributed by atoms with E-state index >= 15 is 0 Å². The molecule has 0 saturated carbocycles. The lowest BCUT2D eigenvalue weighted by molar-refractivity contribution is -0.131. The molecular formula is C23H23BrN2O2. The molecule has 0 radical (unpaired) electrons. The van der Waals surface area contributed by atoms with Crippen molar-refractivity contribution in [1.82, 2.24) is 9.88 Å². The van der Waals surface area contributed by atoms with Crippen molar-refractivity contribution in [2.75, 3.05) is 14.2 Å². The van der Waals surface area contributed by atoms with Gasteiger partial charge in [0.05, 0.1) is 23.3 Å². The molecule has 1 atom stereocenters. The highest BCUT2D eigenvalue weighted by Crippen LogP contribution is 2.28. The lowest BCUT2D eigenvalue weighted by Crippen LogP contribution is -2.32. The average Bonchev–Trinajstić information content (AvgIpc) is 2.74. The normalized spacial score (nSPS) is 11.7. The van der Waals surface area contributed by atoms with E-state index in [1.807, 2.05) is 73.8 Å². The summed E-state index contributed by atoms with van der Waals surface area (Å²) in [4.78, 5) is 19.3. The number of rotatable bonds is 7. The molecule has 28 heavy (non-hydrogen) atoms. The Labute approximate surface area is 174 Å². The highest BCUT2D eigenvalue weighted by Gasteiger charge is 2.24. The van der Waals surface area contributed by atoms with Crippen LogP contribution in [0.3, 0.4) is 0 Å².